The average Bonchev–Trinajstić information content (AvgIpc) is 3.56. The van der Waals surface area contributed by atoms with Gasteiger partial charge in [-0.05, 0) is 100 Å². The highest BCUT2D eigenvalue weighted by Gasteiger charge is 2.49. The van der Waals surface area contributed by atoms with Gasteiger partial charge in [-0.3, -0.25) is 0 Å². The third-order valence-electron chi connectivity index (χ3n) is 11.8. The maximum Gasteiger partial charge on any atom is 0.164 e. The molecule has 2 saturated carbocycles. The van der Waals surface area contributed by atoms with Crippen molar-refractivity contribution in [3.63, 3.8) is 0 Å². The van der Waals surface area contributed by atoms with Gasteiger partial charge < -0.3 is 0 Å². The van der Waals surface area contributed by atoms with E-state index in [-0.39, 0.29) is 5.41 Å². The van der Waals surface area contributed by atoms with Crippen LogP contribution in [0.3, 0.4) is 0 Å². The first-order chi connectivity index (χ1) is 27.7. The summed E-state index contributed by atoms with van der Waals surface area (Å²) in [6.45, 7) is 0. The van der Waals surface area contributed by atoms with Crippen molar-refractivity contribution in [2.75, 3.05) is 0 Å². The van der Waals surface area contributed by atoms with E-state index in [4.69, 9.17) is 15.0 Å². The first-order valence-corrected chi connectivity index (χ1v) is 19.0. The van der Waals surface area contributed by atoms with Gasteiger partial charge >= 0.3 is 0 Å². The Morgan fingerprint density at radius 3 is 1.49 bits per heavy atom. The number of fused-ring (bicyclic) bond motifs is 5. The van der Waals surface area contributed by atoms with Gasteiger partial charge in [0.1, 0.15) is 0 Å². The topological polar surface area (TPSA) is 38.7 Å². The fourth-order valence-electron chi connectivity index (χ4n) is 8.89. The van der Waals surface area contributed by atoms with Crippen molar-refractivity contribution in [2.24, 2.45) is 5.41 Å². The van der Waals surface area contributed by atoms with Crippen LogP contribution >= 0.6 is 0 Å². The van der Waals surface area contributed by atoms with E-state index in [0.717, 1.165) is 93.3 Å². The highest BCUT2D eigenvalue weighted by molar-refractivity contribution is 5.85. The molecule has 3 aliphatic rings. The molecule has 53 heavy (non-hydrogen) atoms. The fraction of sp³-hybridized carbons (Fsp3) is 0.220. The molecule has 1 heterocycles. The zero-order valence-corrected chi connectivity index (χ0v) is 29.7. The van der Waals surface area contributed by atoms with Crippen molar-refractivity contribution in [1.29, 1.82) is 0 Å². The molecule has 0 aliphatic heterocycles. The van der Waals surface area contributed by atoms with Gasteiger partial charge in [-0.25, -0.2) is 15.0 Å². The van der Waals surface area contributed by atoms with Crippen LogP contribution in [0.4, 0.5) is 0 Å². The second-order valence-corrected chi connectivity index (χ2v) is 15.0. The van der Waals surface area contributed by atoms with Gasteiger partial charge in [0.05, 0.1) is 0 Å². The van der Waals surface area contributed by atoms with Gasteiger partial charge in [0.2, 0.25) is 0 Å². The van der Waals surface area contributed by atoms with E-state index in [0.29, 0.717) is 30.3 Å². The zero-order chi connectivity index (χ0) is 38.8. The van der Waals surface area contributed by atoms with E-state index in [9.17, 15) is 5.48 Å². The van der Waals surface area contributed by atoms with Gasteiger partial charge in [0.25, 0.3) is 0 Å². The van der Waals surface area contributed by atoms with E-state index in [1.807, 2.05) is 84.9 Å². The Hall–Kier alpha value is -5.67. The van der Waals surface area contributed by atoms with Crippen molar-refractivity contribution in [3.05, 3.63) is 163 Å². The maximum absolute atomic E-state index is 9.88. The molecule has 1 aromatic heterocycles. The van der Waals surface area contributed by atoms with E-state index in [2.05, 4.69) is 66.7 Å². The molecule has 3 heteroatoms. The van der Waals surface area contributed by atoms with Crippen molar-refractivity contribution in [2.45, 2.75) is 63.1 Å². The van der Waals surface area contributed by atoms with E-state index in [1.165, 1.54) is 0 Å². The van der Waals surface area contributed by atoms with Gasteiger partial charge in [-0.1, -0.05) is 159 Å². The molecule has 0 unspecified atom stereocenters. The molecular formula is C50H43N3. The highest BCUT2D eigenvalue weighted by Crippen LogP contribution is 2.61. The zero-order valence-electron chi connectivity index (χ0n) is 33.7. The minimum atomic E-state index is -1.78. The Morgan fingerprint density at radius 2 is 0.849 bits per heavy atom. The predicted molar refractivity (Wildman–Crippen MR) is 217 cm³/mol. The molecule has 0 N–H and O–H groups in total. The second kappa shape index (κ2) is 13.1. The Bertz CT molecular complexity index is 2540. The Morgan fingerprint density at radius 1 is 0.377 bits per heavy atom. The van der Waals surface area contributed by atoms with E-state index < -0.39 is 18.2 Å². The molecule has 3 aliphatic carbocycles. The Balaban J connectivity index is 1.02. The summed E-state index contributed by atoms with van der Waals surface area (Å²) in [4.78, 5) is 14.6. The summed E-state index contributed by atoms with van der Waals surface area (Å²) in [5, 5.41) is 0. The minimum Gasteiger partial charge on any atom is -0.208 e. The number of benzene rings is 6. The van der Waals surface area contributed by atoms with Crippen LogP contribution in [0.2, 0.25) is 0 Å². The van der Waals surface area contributed by atoms with Crippen molar-refractivity contribution >= 4 is 0 Å². The lowest BCUT2D eigenvalue weighted by Crippen LogP contribution is -2.38. The molecule has 6 aromatic carbocycles. The highest BCUT2D eigenvalue weighted by atomic mass is 15.0. The van der Waals surface area contributed by atoms with Crippen LogP contribution < -0.4 is 0 Å². The summed E-state index contributed by atoms with van der Waals surface area (Å²) in [7, 11) is 0. The average molecular weight is 690 g/mol. The number of hydrogen-bond donors (Lipinski definition) is 0. The molecule has 0 amide bonds. The van der Waals surface area contributed by atoms with E-state index >= 15 is 0 Å². The molecule has 7 aromatic rings. The largest absolute Gasteiger partial charge is 0.208 e. The molecule has 0 radical (unpaired) electrons. The molecule has 0 bridgehead atoms. The van der Waals surface area contributed by atoms with Crippen molar-refractivity contribution < 1.29 is 5.48 Å². The normalized spacial score (nSPS) is 19.7. The van der Waals surface area contributed by atoms with Gasteiger partial charge in [-0.15, -0.1) is 0 Å². The number of aromatic nitrogens is 3. The SMILES string of the molecule is [2H]C1([2H])CC2(CCCCC2)CC([2H])([2H])C12c1ccccc1-c1ccc(-c3cccc(-c4ccc(-c5nc(-c6ccccc6)nc(-c6ccccc6)n5)cc4)c3)cc12. The molecule has 3 nitrogen and oxygen atoms in total. The quantitative estimate of drug-likeness (QED) is 0.181. The monoisotopic (exact) mass is 689 g/mol. The van der Waals surface area contributed by atoms with Crippen LogP contribution in [0.5, 0.6) is 0 Å². The summed E-state index contributed by atoms with van der Waals surface area (Å²) < 4.78 is 39.5. The lowest BCUT2D eigenvalue weighted by atomic mass is 9.56. The lowest BCUT2D eigenvalue weighted by Gasteiger charge is -2.48. The standard InChI is InChI=1S/C50H43N3/c1-4-13-36(14-5-1)46-51-47(37-15-6-2-7-16-37)53-48(52-46)38-23-21-35(22-24-38)39-17-12-18-40(33-39)41-25-26-43-42-19-8-9-20-44(42)50(45(43)34-41)31-29-49(30-32-50)27-10-3-11-28-49/h1-2,4-9,12-26,33-34H,3,10-11,27-32H2/i31D2,32D2. The minimum absolute atomic E-state index is 0.298. The van der Waals surface area contributed by atoms with Crippen LogP contribution in [-0.4, -0.2) is 15.0 Å². The summed E-state index contributed by atoms with van der Waals surface area (Å²) in [5.74, 6) is 1.85. The van der Waals surface area contributed by atoms with Crippen LogP contribution in [0.1, 0.15) is 74.3 Å². The van der Waals surface area contributed by atoms with Crippen LogP contribution in [-0.2, 0) is 5.41 Å². The van der Waals surface area contributed by atoms with Gasteiger partial charge in [0, 0.05) is 27.6 Å². The van der Waals surface area contributed by atoms with Gasteiger partial charge in [-0.2, -0.15) is 0 Å². The molecule has 2 spiro atoms. The molecule has 10 rings (SSSR count). The van der Waals surface area contributed by atoms with E-state index in [1.54, 1.807) is 0 Å². The summed E-state index contributed by atoms with van der Waals surface area (Å²) in [6.07, 6.45) is 2.28. The summed E-state index contributed by atoms with van der Waals surface area (Å²) in [5.41, 5.74) is 8.55. The first-order valence-electron chi connectivity index (χ1n) is 21.0. The van der Waals surface area contributed by atoms with Crippen LogP contribution in [0, 0.1) is 5.41 Å². The van der Waals surface area contributed by atoms with Crippen molar-refractivity contribution in [3.8, 4) is 67.5 Å². The second-order valence-electron chi connectivity index (χ2n) is 15.0. The number of nitrogens with zero attached hydrogens (tertiary/aromatic N) is 3. The lowest BCUT2D eigenvalue weighted by molar-refractivity contribution is 0.0951. The third kappa shape index (κ3) is 5.70. The van der Waals surface area contributed by atoms with Crippen molar-refractivity contribution in [1.82, 2.24) is 15.0 Å². The fourth-order valence-corrected chi connectivity index (χ4v) is 8.89. The van der Waals surface area contributed by atoms with Crippen LogP contribution in [0.25, 0.3) is 67.5 Å². The molecule has 2 fully saturated rings. The first kappa shape index (κ1) is 27.9. The number of hydrogen-bond acceptors (Lipinski definition) is 3. The van der Waals surface area contributed by atoms with Gasteiger partial charge in [0.15, 0.2) is 17.5 Å². The predicted octanol–water partition coefficient (Wildman–Crippen LogP) is 13.0. The summed E-state index contributed by atoms with van der Waals surface area (Å²) >= 11 is 0. The number of rotatable bonds is 5. The smallest absolute Gasteiger partial charge is 0.164 e. The Labute approximate surface area is 318 Å². The third-order valence-corrected chi connectivity index (χ3v) is 11.8. The summed E-state index contributed by atoms with van der Waals surface area (Å²) in [6, 6.07) is 51.0. The molecule has 0 saturated heterocycles. The molecule has 0 atom stereocenters. The molecule has 258 valence electrons. The molecular weight excluding hydrogens is 643 g/mol. The maximum atomic E-state index is 9.88. The Kier molecular flexibility index (Phi) is 6.89. The van der Waals surface area contributed by atoms with Crippen LogP contribution in [0.15, 0.2) is 152 Å².